The Bertz CT molecular complexity index is 352. The molecule has 0 aliphatic carbocycles. The monoisotopic (exact) mass is 273 g/mol. The van der Waals surface area contributed by atoms with Gasteiger partial charge in [-0.15, -0.1) is 0 Å². The van der Waals surface area contributed by atoms with Gasteiger partial charge in [0, 0.05) is 13.2 Å². The number of nitrogens with one attached hydrogen (secondary N) is 3. The maximum Gasteiger partial charge on any atom is 0.322 e. The number of urea groups is 1. The maximum atomic E-state index is 11.4. The van der Waals surface area contributed by atoms with E-state index in [-0.39, 0.29) is 12.1 Å². The van der Waals surface area contributed by atoms with Crippen molar-refractivity contribution in [1.82, 2.24) is 16.0 Å². The van der Waals surface area contributed by atoms with Gasteiger partial charge in [0.1, 0.15) is 6.54 Å². The first-order valence-electron chi connectivity index (χ1n) is 6.05. The number of hydrogen-bond acceptors (Lipinski definition) is 4. The third kappa shape index (κ3) is 6.05. The molecule has 1 heterocycles. The van der Waals surface area contributed by atoms with Crippen LogP contribution in [0.4, 0.5) is 4.79 Å². The molecule has 1 aliphatic heterocycles. The van der Waals surface area contributed by atoms with E-state index in [1.54, 1.807) is 0 Å². The van der Waals surface area contributed by atoms with Gasteiger partial charge in [-0.05, 0) is 19.8 Å². The molecule has 0 aromatic heterocycles. The summed E-state index contributed by atoms with van der Waals surface area (Å²) in [6.07, 6.45) is 1.85. The molecule has 0 bridgehead atoms. The summed E-state index contributed by atoms with van der Waals surface area (Å²) in [5, 5.41) is 15.4. The Kier molecular flexibility index (Phi) is 5.56. The summed E-state index contributed by atoms with van der Waals surface area (Å²) in [6.45, 7) is 2.25. The molecule has 1 atom stereocenters. The normalized spacial score (nSPS) is 21.7. The van der Waals surface area contributed by atoms with Gasteiger partial charge in [-0.2, -0.15) is 0 Å². The summed E-state index contributed by atoms with van der Waals surface area (Å²) >= 11 is 0. The van der Waals surface area contributed by atoms with Crippen LogP contribution >= 0.6 is 0 Å². The number of carbonyl (C=O) groups is 3. The summed E-state index contributed by atoms with van der Waals surface area (Å²) in [7, 11) is 0. The molecule has 1 aliphatic rings. The van der Waals surface area contributed by atoms with E-state index in [0.29, 0.717) is 13.2 Å². The smallest absolute Gasteiger partial charge is 0.322 e. The van der Waals surface area contributed by atoms with Gasteiger partial charge in [0.25, 0.3) is 0 Å². The number of ether oxygens (including phenoxy) is 1. The molecule has 8 nitrogen and oxygen atoms in total. The van der Waals surface area contributed by atoms with Crippen LogP contribution in [0.3, 0.4) is 0 Å². The van der Waals surface area contributed by atoms with Crippen LogP contribution < -0.4 is 16.0 Å². The third-order valence-electron chi connectivity index (χ3n) is 2.77. The molecule has 1 rings (SSSR count). The first-order chi connectivity index (χ1) is 8.91. The van der Waals surface area contributed by atoms with Gasteiger partial charge in [-0.25, -0.2) is 4.79 Å². The Balaban J connectivity index is 2.13. The summed E-state index contributed by atoms with van der Waals surface area (Å²) in [6, 6.07) is -0.484. The number of carboxylic acid groups (broad SMARTS) is 1. The second-order valence-corrected chi connectivity index (χ2v) is 4.61. The molecule has 0 aromatic rings. The fourth-order valence-electron chi connectivity index (χ4n) is 1.70. The largest absolute Gasteiger partial charge is 0.480 e. The Morgan fingerprint density at radius 1 is 1.21 bits per heavy atom. The Labute approximate surface area is 110 Å². The van der Waals surface area contributed by atoms with Crippen LogP contribution in [0.2, 0.25) is 0 Å². The molecule has 0 aromatic carbocycles. The number of hydrogen-bond donors (Lipinski definition) is 4. The second-order valence-electron chi connectivity index (χ2n) is 4.61. The molecule has 0 saturated carbocycles. The zero-order chi connectivity index (χ0) is 14.3. The zero-order valence-electron chi connectivity index (χ0n) is 10.8. The molecule has 1 fully saturated rings. The van der Waals surface area contributed by atoms with Crippen molar-refractivity contribution in [2.24, 2.45) is 0 Å². The lowest BCUT2D eigenvalue weighted by Gasteiger charge is -2.23. The fourth-order valence-corrected chi connectivity index (χ4v) is 1.70. The van der Waals surface area contributed by atoms with Gasteiger partial charge in [-0.3, -0.25) is 9.59 Å². The van der Waals surface area contributed by atoms with Crippen LogP contribution in [0.15, 0.2) is 0 Å². The van der Waals surface area contributed by atoms with Crippen molar-refractivity contribution in [2.45, 2.75) is 25.4 Å². The number of carbonyl (C=O) groups excluding carboxylic acids is 2. The maximum absolute atomic E-state index is 11.4. The van der Waals surface area contributed by atoms with Crippen LogP contribution in [0.25, 0.3) is 0 Å². The van der Waals surface area contributed by atoms with Crippen molar-refractivity contribution in [2.75, 3.05) is 26.2 Å². The molecular weight excluding hydrogens is 254 g/mol. The van der Waals surface area contributed by atoms with Crippen molar-refractivity contribution >= 4 is 17.9 Å². The van der Waals surface area contributed by atoms with Crippen molar-refractivity contribution in [1.29, 1.82) is 0 Å². The van der Waals surface area contributed by atoms with E-state index in [0.717, 1.165) is 12.8 Å². The van der Waals surface area contributed by atoms with E-state index in [1.807, 2.05) is 6.92 Å². The van der Waals surface area contributed by atoms with Gasteiger partial charge in [-0.1, -0.05) is 0 Å². The van der Waals surface area contributed by atoms with Crippen molar-refractivity contribution < 1.29 is 24.2 Å². The van der Waals surface area contributed by atoms with E-state index in [1.165, 1.54) is 0 Å². The minimum Gasteiger partial charge on any atom is -0.480 e. The molecule has 8 heteroatoms. The summed E-state index contributed by atoms with van der Waals surface area (Å²) in [5.41, 5.74) is -0.344. The molecule has 1 saturated heterocycles. The van der Waals surface area contributed by atoms with Crippen LogP contribution in [-0.4, -0.2) is 54.9 Å². The Hall–Kier alpha value is -1.83. The highest BCUT2D eigenvalue weighted by atomic mass is 16.5. The minimum atomic E-state index is -1.14. The average Bonchev–Trinajstić information content (AvgIpc) is 2.79. The predicted octanol–water partition coefficient (Wildman–Crippen LogP) is -0.944. The highest BCUT2D eigenvalue weighted by Gasteiger charge is 2.29. The van der Waals surface area contributed by atoms with Gasteiger partial charge >= 0.3 is 12.0 Å². The van der Waals surface area contributed by atoms with Crippen LogP contribution in [0.1, 0.15) is 19.8 Å². The van der Waals surface area contributed by atoms with Crippen LogP contribution in [-0.2, 0) is 14.3 Å². The molecule has 4 N–H and O–H groups in total. The van der Waals surface area contributed by atoms with Gasteiger partial charge in [0.05, 0.1) is 12.1 Å². The second kappa shape index (κ2) is 6.93. The summed E-state index contributed by atoms with van der Waals surface area (Å²) < 4.78 is 5.49. The number of rotatable bonds is 6. The molecule has 0 spiro atoms. The molecule has 108 valence electrons. The van der Waals surface area contributed by atoms with Crippen LogP contribution in [0.5, 0.6) is 0 Å². The SMILES string of the molecule is CC1(CNC(=O)NCC(=O)NCC(=O)O)CCCO1. The quantitative estimate of drug-likeness (QED) is 0.498. The lowest BCUT2D eigenvalue weighted by Crippen LogP contribution is -2.47. The highest BCUT2D eigenvalue weighted by Crippen LogP contribution is 2.23. The molecular formula is C11H19N3O5. The van der Waals surface area contributed by atoms with Crippen molar-refractivity contribution in [3.63, 3.8) is 0 Å². The van der Waals surface area contributed by atoms with E-state index >= 15 is 0 Å². The lowest BCUT2D eigenvalue weighted by atomic mass is 10.0. The van der Waals surface area contributed by atoms with Crippen molar-refractivity contribution in [3.05, 3.63) is 0 Å². The van der Waals surface area contributed by atoms with Gasteiger partial charge < -0.3 is 25.8 Å². The zero-order valence-corrected chi connectivity index (χ0v) is 10.8. The van der Waals surface area contributed by atoms with E-state index in [9.17, 15) is 14.4 Å². The van der Waals surface area contributed by atoms with Gasteiger partial charge in [0.15, 0.2) is 0 Å². The molecule has 0 radical (unpaired) electrons. The minimum absolute atomic E-state index is 0.267. The van der Waals surface area contributed by atoms with Crippen LogP contribution in [0, 0.1) is 0 Å². The van der Waals surface area contributed by atoms with Gasteiger partial charge in [0.2, 0.25) is 5.91 Å². The Morgan fingerprint density at radius 3 is 2.53 bits per heavy atom. The topological polar surface area (TPSA) is 117 Å². The van der Waals surface area contributed by atoms with E-state index in [2.05, 4.69) is 16.0 Å². The first kappa shape index (κ1) is 15.2. The van der Waals surface area contributed by atoms with E-state index in [4.69, 9.17) is 9.84 Å². The van der Waals surface area contributed by atoms with E-state index < -0.39 is 24.5 Å². The van der Waals surface area contributed by atoms with Crippen molar-refractivity contribution in [3.8, 4) is 0 Å². The standard InChI is InChI=1S/C11H19N3O5/c1-11(3-2-4-19-11)7-14-10(18)13-5-8(15)12-6-9(16)17/h2-7H2,1H3,(H,12,15)(H,16,17)(H2,13,14,18). The fraction of sp³-hybridized carbons (Fsp3) is 0.727. The highest BCUT2D eigenvalue weighted by molar-refractivity contribution is 5.86. The Morgan fingerprint density at radius 2 is 1.95 bits per heavy atom. The summed E-state index contributed by atoms with van der Waals surface area (Å²) in [5.74, 6) is -1.69. The first-order valence-corrected chi connectivity index (χ1v) is 6.05. The number of amides is 3. The summed E-state index contributed by atoms with van der Waals surface area (Å²) in [4.78, 5) is 32.7. The third-order valence-corrected chi connectivity index (χ3v) is 2.77. The lowest BCUT2D eigenvalue weighted by molar-refractivity contribution is -0.137. The molecule has 19 heavy (non-hydrogen) atoms. The molecule has 3 amide bonds. The predicted molar refractivity (Wildman–Crippen MR) is 65.6 cm³/mol. The molecule has 1 unspecified atom stereocenters. The number of carboxylic acids is 1. The number of aliphatic carboxylic acids is 1. The average molecular weight is 273 g/mol.